The Hall–Kier alpha value is -1.84. The molecule has 0 aliphatic heterocycles. The van der Waals surface area contributed by atoms with E-state index in [4.69, 9.17) is 11.6 Å². The van der Waals surface area contributed by atoms with Crippen molar-refractivity contribution in [3.8, 4) is 0 Å². The summed E-state index contributed by atoms with van der Waals surface area (Å²) in [6, 6.07) is 10.1. The molecule has 0 aliphatic carbocycles. The van der Waals surface area contributed by atoms with Gasteiger partial charge < -0.3 is 9.88 Å². The third kappa shape index (κ3) is 2.80. The van der Waals surface area contributed by atoms with E-state index in [2.05, 4.69) is 40.1 Å². The molecule has 4 heteroatoms. The van der Waals surface area contributed by atoms with Gasteiger partial charge in [0.1, 0.15) is 0 Å². The fourth-order valence-corrected chi connectivity index (χ4v) is 2.81. The first kappa shape index (κ1) is 14.1. The van der Waals surface area contributed by atoms with Gasteiger partial charge >= 0.3 is 0 Å². The first-order valence-corrected chi connectivity index (χ1v) is 7.39. The quantitative estimate of drug-likeness (QED) is 0.795. The highest BCUT2D eigenvalue weighted by atomic mass is 35.5. The standard InChI is InChI=1S/C17H18ClN3/c1-12-4-3-7-20-16(12)11-21-10-13(9-19-2)15-6-5-14(18)8-17(15)21/h3-8,10,19H,9,11H2,1-2H3. The van der Waals surface area contributed by atoms with E-state index in [1.54, 1.807) is 0 Å². The molecular formula is C17H18ClN3. The van der Waals surface area contributed by atoms with Crippen LogP contribution < -0.4 is 5.32 Å². The van der Waals surface area contributed by atoms with Crippen molar-refractivity contribution in [2.24, 2.45) is 0 Å². The van der Waals surface area contributed by atoms with Gasteiger partial charge in [-0.25, -0.2) is 0 Å². The number of benzene rings is 1. The van der Waals surface area contributed by atoms with Crippen LogP contribution in [0.2, 0.25) is 5.02 Å². The van der Waals surface area contributed by atoms with Crippen molar-refractivity contribution in [1.29, 1.82) is 0 Å². The lowest BCUT2D eigenvalue weighted by atomic mass is 10.2. The summed E-state index contributed by atoms with van der Waals surface area (Å²) in [5.74, 6) is 0. The number of nitrogens with zero attached hydrogens (tertiary/aromatic N) is 2. The number of halogens is 1. The number of nitrogens with one attached hydrogen (secondary N) is 1. The predicted octanol–water partition coefficient (Wildman–Crippen LogP) is 3.77. The number of hydrogen-bond donors (Lipinski definition) is 1. The van der Waals surface area contributed by atoms with Gasteiger partial charge in [0.2, 0.25) is 0 Å². The van der Waals surface area contributed by atoms with E-state index in [1.165, 1.54) is 16.5 Å². The van der Waals surface area contributed by atoms with Crippen molar-refractivity contribution < 1.29 is 0 Å². The first-order valence-electron chi connectivity index (χ1n) is 7.01. The Morgan fingerprint density at radius 2 is 2.14 bits per heavy atom. The van der Waals surface area contributed by atoms with E-state index in [0.29, 0.717) is 0 Å². The number of rotatable bonds is 4. The number of fused-ring (bicyclic) bond motifs is 1. The third-order valence-corrected chi connectivity index (χ3v) is 3.97. The molecule has 0 radical (unpaired) electrons. The topological polar surface area (TPSA) is 29.9 Å². The Kier molecular flexibility index (Phi) is 3.95. The van der Waals surface area contributed by atoms with Crippen molar-refractivity contribution in [2.75, 3.05) is 7.05 Å². The Labute approximate surface area is 129 Å². The molecule has 108 valence electrons. The fraction of sp³-hybridized carbons (Fsp3) is 0.235. The zero-order valence-corrected chi connectivity index (χ0v) is 13.0. The van der Waals surface area contributed by atoms with Gasteiger partial charge in [-0.1, -0.05) is 23.7 Å². The van der Waals surface area contributed by atoms with Gasteiger partial charge in [0, 0.05) is 29.3 Å². The van der Waals surface area contributed by atoms with Crippen LogP contribution in [-0.4, -0.2) is 16.6 Å². The van der Waals surface area contributed by atoms with E-state index in [9.17, 15) is 0 Å². The highest BCUT2D eigenvalue weighted by molar-refractivity contribution is 6.31. The second kappa shape index (κ2) is 5.88. The molecule has 0 saturated heterocycles. The van der Waals surface area contributed by atoms with Crippen molar-refractivity contribution in [3.63, 3.8) is 0 Å². The van der Waals surface area contributed by atoms with Crippen LogP contribution in [0.15, 0.2) is 42.7 Å². The highest BCUT2D eigenvalue weighted by Gasteiger charge is 2.10. The molecule has 0 spiro atoms. The minimum Gasteiger partial charge on any atom is -0.341 e. The van der Waals surface area contributed by atoms with Gasteiger partial charge in [0.25, 0.3) is 0 Å². The molecule has 2 aromatic heterocycles. The Morgan fingerprint density at radius 1 is 1.29 bits per heavy atom. The molecule has 0 unspecified atom stereocenters. The van der Waals surface area contributed by atoms with E-state index < -0.39 is 0 Å². The van der Waals surface area contributed by atoms with Crippen LogP contribution in [0.25, 0.3) is 10.9 Å². The Balaban J connectivity index is 2.09. The zero-order chi connectivity index (χ0) is 14.8. The maximum atomic E-state index is 6.17. The van der Waals surface area contributed by atoms with Crippen molar-refractivity contribution in [1.82, 2.24) is 14.9 Å². The number of aryl methyl sites for hydroxylation is 1. The fourth-order valence-electron chi connectivity index (χ4n) is 2.65. The lowest BCUT2D eigenvalue weighted by molar-refractivity contribution is 0.778. The SMILES string of the molecule is CNCc1cn(Cc2ncccc2C)c2cc(Cl)ccc12. The van der Waals surface area contributed by atoms with Crippen molar-refractivity contribution in [3.05, 3.63) is 64.6 Å². The van der Waals surface area contributed by atoms with Gasteiger partial charge in [-0.05, 0) is 43.3 Å². The lowest BCUT2D eigenvalue weighted by Gasteiger charge is -2.07. The number of hydrogen-bond acceptors (Lipinski definition) is 2. The molecule has 3 aromatic rings. The van der Waals surface area contributed by atoms with Crippen LogP contribution in [0, 0.1) is 6.92 Å². The number of aromatic nitrogens is 2. The second-order valence-corrected chi connectivity index (χ2v) is 5.68. The summed E-state index contributed by atoms with van der Waals surface area (Å²) in [5.41, 5.74) is 4.72. The molecule has 0 bridgehead atoms. The van der Waals surface area contributed by atoms with Crippen LogP contribution in [-0.2, 0) is 13.1 Å². The Bertz CT molecular complexity index is 777. The third-order valence-electron chi connectivity index (χ3n) is 3.73. The summed E-state index contributed by atoms with van der Waals surface area (Å²) in [7, 11) is 1.96. The van der Waals surface area contributed by atoms with Gasteiger partial charge in [0.05, 0.1) is 17.8 Å². The summed E-state index contributed by atoms with van der Waals surface area (Å²) >= 11 is 6.17. The number of pyridine rings is 1. The molecule has 1 N–H and O–H groups in total. The Morgan fingerprint density at radius 3 is 2.90 bits per heavy atom. The first-order chi connectivity index (χ1) is 10.2. The highest BCUT2D eigenvalue weighted by Crippen LogP contribution is 2.25. The van der Waals surface area contributed by atoms with Crippen LogP contribution in [0.3, 0.4) is 0 Å². The monoisotopic (exact) mass is 299 g/mol. The molecule has 3 rings (SSSR count). The molecule has 1 aromatic carbocycles. The smallest absolute Gasteiger partial charge is 0.0651 e. The average Bonchev–Trinajstić information content (AvgIpc) is 2.79. The van der Waals surface area contributed by atoms with Gasteiger partial charge in [-0.15, -0.1) is 0 Å². The van der Waals surface area contributed by atoms with Crippen LogP contribution in [0.5, 0.6) is 0 Å². The minimum absolute atomic E-state index is 0.757. The van der Waals surface area contributed by atoms with Crippen LogP contribution in [0.4, 0.5) is 0 Å². The van der Waals surface area contributed by atoms with E-state index >= 15 is 0 Å². The van der Waals surface area contributed by atoms with Gasteiger partial charge in [-0.3, -0.25) is 4.98 Å². The molecule has 21 heavy (non-hydrogen) atoms. The van der Waals surface area contributed by atoms with E-state index in [0.717, 1.165) is 29.3 Å². The molecule has 0 atom stereocenters. The van der Waals surface area contributed by atoms with Crippen LogP contribution in [0.1, 0.15) is 16.8 Å². The molecule has 0 fully saturated rings. The lowest BCUT2D eigenvalue weighted by Crippen LogP contribution is -2.05. The molecule has 0 amide bonds. The summed E-state index contributed by atoms with van der Waals surface area (Å²) in [4.78, 5) is 4.49. The predicted molar refractivity (Wildman–Crippen MR) is 87.8 cm³/mol. The minimum atomic E-state index is 0.757. The summed E-state index contributed by atoms with van der Waals surface area (Å²) < 4.78 is 2.23. The normalized spacial score (nSPS) is 11.2. The van der Waals surface area contributed by atoms with E-state index in [-0.39, 0.29) is 0 Å². The summed E-state index contributed by atoms with van der Waals surface area (Å²) in [6.07, 6.45) is 4.03. The summed E-state index contributed by atoms with van der Waals surface area (Å²) in [5, 5.41) is 5.22. The molecular weight excluding hydrogens is 282 g/mol. The van der Waals surface area contributed by atoms with Crippen molar-refractivity contribution in [2.45, 2.75) is 20.0 Å². The van der Waals surface area contributed by atoms with Crippen molar-refractivity contribution >= 4 is 22.5 Å². The maximum absolute atomic E-state index is 6.17. The molecule has 3 nitrogen and oxygen atoms in total. The molecule has 0 aliphatic rings. The van der Waals surface area contributed by atoms with Gasteiger partial charge in [0.15, 0.2) is 0 Å². The maximum Gasteiger partial charge on any atom is 0.0651 e. The van der Waals surface area contributed by atoms with Gasteiger partial charge in [-0.2, -0.15) is 0 Å². The summed E-state index contributed by atoms with van der Waals surface area (Å²) in [6.45, 7) is 3.69. The molecule has 2 heterocycles. The van der Waals surface area contributed by atoms with E-state index in [1.807, 2.05) is 31.4 Å². The van der Waals surface area contributed by atoms with Crippen LogP contribution >= 0.6 is 11.6 Å². The largest absolute Gasteiger partial charge is 0.341 e. The molecule has 0 saturated carbocycles. The zero-order valence-electron chi connectivity index (χ0n) is 12.2. The average molecular weight is 300 g/mol. The second-order valence-electron chi connectivity index (χ2n) is 5.24.